The summed E-state index contributed by atoms with van der Waals surface area (Å²) in [6.07, 6.45) is 1.67. The fourth-order valence-electron chi connectivity index (χ4n) is 3.19. The van der Waals surface area contributed by atoms with Crippen LogP contribution in [0.3, 0.4) is 0 Å². The Balaban J connectivity index is 1.38. The molecule has 0 aliphatic heterocycles. The highest BCUT2D eigenvalue weighted by Gasteiger charge is 2.13. The number of aromatic nitrogens is 3. The van der Waals surface area contributed by atoms with Gasteiger partial charge in [-0.05, 0) is 48.2 Å². The molecule has 3 aromatic rings. The Kier molecular flexibility index (Phi) is 10.4. The molecule has 0 unspecified atom stereocenters. The quantitative estimate of drug-likeness (QED) is 0.243. The van der Waals surface area contributed by atoms with Gasteiger partial charge in [-0.1, -0.05) is 49.9 Å². The zero-order valence-electron chi connectivity index (χ0n) is 20.7. The van der Waals surface area contributed by atoms with Gasteiger partial charge in [0.05, 0.1) is 12.2 Å². The van der Waals surface area contributed by atoms with Gasteiger partial charge in [-0.25, -0.2) is 0 Å². The molecule has 0 atom stereocenters. The van der Waals surface area contributed by atoms with E-state index in [0.29, 0.717) is 11.4 Å². The van der Waals surface area contributed by atoms with Crippen LogP contribution in [0.25, 0.3) is 0 Å². The van der Waals surface area contributed by atoms with Crippen molar-refractivity contribution < 1.29 is 19.1 Å². The highest BCUT2D eigenvalue weighted by molar-refractivity contribution is 7.99. The second kappa shape index (κ2) is 13.9. The molecule has 11 heteroatoms. The fourth-order valence-corrected chi connectivity index (χ4v) is 3.79. The zero-order chi connectivity index (χ0) is 26.6. The Bertz CT molecular complexity index is 1280. The minimum atomic E-state index is -0.639. The van der Waals surface area contributed by atoms with E-state index in [4.69, 9.17) is 4.74 Å². The predicted octanol–water partition coefficient (Wildman–Crippen LogP) is 3.14. The molecule has 0 saturated carbocycles. The van der Waals surface area contributed by atoms with Gasteiger partial charge in [0.1, 0.15) is 5.69 Å². The largest absolute Gasteiger partial charge is 0.456 e. The molecule has 2 amide bonds. The second-order valence-electron chi connectivity index (χ2n) is 8.05. The first-order valence-corrected chi connectivity index (χ1v) is 12.9. The van der Waals surface area contributed by atoms with Crippen LogP contribution in [0.5, 0.6) is 0 Å². The van der Waals surface area contributed by atoms with Crippen molar-refractivity contribution in [3.63, 3.8) is 0 Å². The maximum absolute atomic E-state index is 12.3. The molecule has 37 heavy (non-hydrogen) atoms. The van der Waals surface area contributed by atoms with E-state index >= 15 is 0 Å². The number of carbonyl (C=O) groups is 3. The average Bonchev–Trinajstić information content (AvgIpc) is 2.91. The Morgan fingerprint density at radius 3 is 1.97 bits per heavy atom. The summed E-state index contributed by atoms with van der Waals surface area (Å²) < 4.78 is 4.97. The zero-order valence-corrected chi connectivity index (χ0v) is 21.5. The summed E-state index contributed by atoms with van der Waals surface area (Å²) in [5, 5.41) is 13.4. The predicted molar refractivity (Wildman–Crippen MR) is 142 cm³/mol. The van der Waals surface area contributed by atoms with E-state index in [1.807, 2.05) is 43.3 Å². The number of nitrogens with zero attached hydrogens (tertiary/aromatic N) is 2. The number of nitrogens with one attached hydrogen (secondary N) is 3. The lowest BCUT2D eigenvalue weighted by Gasteiger charge is -2.07. The van der Waals surface area contributed by atoms with Crippen LogP contribution in [0.4, 0.5) is 11.4 Å². The maximum atomic E-state index is 12.3. The molecule has 0 aliphatic carbocycles. The summed E-state index contributed by atoms with van der Waals surface area (Å²) in [6.45, 7) is 3.66. The van der Waals surface area contributed by atoms with E-state index in [1.54, 1.807) is 12.1 Å². The number of thioether (sulfide) groups is 1. The van der Waals surface area contributed by atoms with E-state index in [0.717, 1.165) is 30.2 Å². The molecule has 3 N–H and O–H groups in total. The molecule has 10 nitrogen and oxygen atoms in total. The van der Waals surface area contributed by atoms with Gasteiger partial charge in [-0.2, -0.15) is 0 Å². The summed E-state index contributed by atoms with van der Waals surface area (Å²) in [4.78, 5) is 51.0. The van der Waals surface area contributed by atoms with Gasteiger partial charge in [0.25, 0.3) is 11.5 Å². The molecule has 0 radical (unpaired) electrons. The number of aryl methyl sites for hydroxylation is 3. The fraction of sp³-hybridized carbons (Fsp3) is 0.308. The molecular formula is C26H29N5O5S. The van der Waals surface area contributed by atoms with Crippen LogP contribution in [0.15, 0.2) is 58.5 Å². The number of hydrogen-bond donors (Lipinski definition) is 3. The van der Waals surface area contributed by atoms with Crippen molar-refractivity contribution in [2.75, 3.05) is 23.0 Å². The lowest BCUT2D eigenvalue weighted by atomic mass is 10.1. The summed E-state index contributed by atoms with van der Waals surface area (Å²) in [5.74, 6) is -1.31. The molecule has 0 bridgehead atoms. The summed E-state index contributed by atoms with van der Waals surface area (Å²) in [6, 6.07) is 14.9. The van der Waals surface area contributed by atoms with Crippen molar-refractivity contribution in [3.8, 4) is 0 Å². The van der Waals surface area contributed by atoms with Crippen molar-refractivity contribution in [2.24, 2.45) is 0 Å². The van der Waals surface area contributed by atoms with Crippen molar-refractivity contribution in [3.05, 3.63) is 75.7 Å². The summed E-state index contributed by atoms with van der Waals surface area (Å²) in [5.41, 5.74) is 3.17. The molecule has 2 aromatic carbocycles. The van der Waals surface area contributed by atoms with E-state index in [1.165, 1.54) is 5.56 Å². The lowest BCUT2D eigenvalue weighted by Crippen LogP contribution is -2.22. The number of hydrogen-bond acceptors (Lipinski definition) is 8. The van der Waals surface area contributed by atoms with Crippen molar-refractivity contribution in [2.45, 2.75) is 44.7 Å². The highest BCUT2D eigenvalue weighted by Crippen LogP contribution is 2.14. The van der Waals surface area contributed by atoms with Crippen molar-refractivity contribution >= 4 is 40.9 Å². The molecule has 0 fully saturated rings. The number of benzene rings is 2. The smallest absolute Gasteiger partial charge is 0.306 e. The SMILES string of the molecule is CCc1ccc(NC(=O)COC(=O)CCc2nnc(SCC(=O)Nc3ccc(CC)cc3)[nH]c2=O)cc1. The summed E-state index contributed by atoms with van der Waals surface area (Å²) in [7, 11) is 0. The Morgan fingerprint density at radius 1 is 0.865 bits per heavy atom. The Labute approximate surface area is 218 Å². The minimum absolute atomic E-state index is 0.000450. The number of anilines is 2. The first kappa shape index (κ1) is 27.6. The topological polar surface area (TPSA) is 143 Å². The van der Waals surface area contributed by atoms with Gasteiger partial charge in [-0.15, -0.1) is 10.2 Å². The second-order valence-corrected chi connectivity index (χ2v) is 9.02. The van der Waals surface area contributed by atoms with Crippen LogP contribution in [0.2, 0.25) is 0 Å². The molecule has 0 saturated heterocycles. The van der Waals surface area contributed by atoms with Crippen LogP contribution in [0.1, 0.15) is 37.1 Å². The number of amides is 2. The molecule has 1 aromatic heterocycles. The summed E-state index contributed by atoms with van der Waals surface area (Å²) >= 11 is 1.04. The third-order valence-corrected chi connectivity index (χ3v) is 6.17. The first-order chi connectivity index (χ1) is 17.9. The lowest BCUT2D eigenvalue weighted by molar-refractivity contribution is -0.147. The molecule has 0 spiro atoms. The van der Waals surface area contributed by atoms with E-state index in [9.17, 15) is 19.2 Å². The Hall–Kier alpha value is -3.99. The van der Waals surface area contributed by atoms with Gasteiger partial charge in [0.15, 0.2) is 11.8 Å². The van der Waals surface area contributed by atoms with E-state index in [-0.39, 0.29) is 35.4 Å². The number of H-pyrrole nitrogens is 1. The van der Waals surface area contributed by atoms with Crippen LogP contribution in [0, 0.1) is 0 Å². The molecule has 1 heterocycles. The van der Waals surface area contributed by atoms with Crippen LogP contribution in [-0.4, -0.2) is 45.3 Å². The minimum Gasteiger partial charge on any atom is -0.456 e. The number of carbonyl (C=O) groups excluding carboxylic acids is 3. The van der Waals surface area contributed by atoms with E-state index < -0.39 is 24.0 Å². The highest BCUT2D eigenvalue weighted by atomic mass is 32.2. The van der Waals surface area contributed by atoms with Crippen LogP contribution in [-0.2, 0) is 38.4 Å². The van der Waals surface area contributed by atoms with Gasteiger partial charge in [0, 0.05) is 17.8 Å². The van der Waals surface area contributed by atoms with Crippen molar-refractivity contribution in [1.29, 1.82) is 0 Å². The molecule has 3 rings (SSSR count). The average molecular weight is 524 g/mol. The standard InChI is InChI=1S/C26H29N5O5S/c1-3-17-5-9-19(10-6-17)27-22(32)15-36-24(34)14-13-21-25(35)29-26(31-30-21)37-16-23(33)28-20-11-7-18(4-2)8-12-20/h5-12H,3-4,13-16H2,1-2H3,(H,27,32)(H,28,33)(H,29,31,35). The molecule has 0 aliphatic rings. The monoisotopic (exact) mass is 523 g/mol. The number of rotatable bonds is 12. The van der Waals surface area contributed by atoms with Crippen molar-refractivity contribution in [1.82, 2.24) is 15.2 Å². The van der Waals surface area contributed by atoms with Crippen LogP contribution < -0.4 is 16.2 Å². The third kappa shape index (κ3) is 9.19. The van der Waals surface area contributed by atoms with Gasteiger partial charge in [-0.3, -0.25) is 24.2 Å². The number of esters is 1. The molecular weight excluding hydrogens is 494 g/mol. The number of ether oxygens (including phenoxy) is 1. The van der Waals surface area contributed by atoms with Gasteiger partial charge >= 0.3 is 5.97 Å². The van der Waals surface area contributed by atoms with Gasteiger partial charge in [0.2, 0.25) is 5.91 Å². The first-order valence-electron chi connectivity index (χ1n) is 11.9. The third-order valence-electron chi connectivity index (χ3n) is 5.31. The maximum Gasteiger partial charge on any atom is 0.306 e. The Morgan fingerprint density at radius 2 is 1.43 bits per heavy atom. The van der Waals surface area contributed by atoms with Gasteiger partial charge < -0.3 is 15.4 Å². The number of aromatic amines is 1. The normalized spacial score (nSPS) is 10.5. The molecule has 194 valence electrons. The van der Waals surface area contributed by atoms with E-state index in [2.05, 4.69) is 32.7 Å². The van der Waals surface area contributed by atoms with Crippen LogP contribution >= 0.6 is 11.8 Å².